The van der Waals surface area contributed by atoms with Gasteiger partial charge in [-0.1, -0.05) is 24.3 Å². The zero-order valence-electron chi connectivity index (χ0n) is 13.8. The summed E-state index contributed by atoms with van der Waals surface area (Å²) in [6.45, 7) is 1.83. The highest BCUT2D eigenvalue weighted by atomic mass is 19.4. The van der Waals surface area contributed by atoms with Crippen LogP contribution in [0.1, 0.15) is 23.6 Å². The van der Waals surface area contributed by atoms with Gasteiger partial charge in [0.1, 0.15) is 5.75 Å². The number of carbonyl (C=O) groups excluding carboxylic acids is 1. The molecule has 25 heavy (non-hydrogen) atoms. The third-order valence-corrected chi connectivity index (χ3v) is 3.45. The Balaban J connectivity index is 2.53. The zero-order chi connectivity index (χ0) is 18.4. The van der Waals surface area contributed by atoms with Gasteiger partial charge >= 0.3 is 12.1 Å². The lowest BCUT2D eigenvalue weighted by Crippen LogP contribution is -2.06. The summed E-state index contributed by atoms with van der Waals surface area (Å²) in [7, 11) is 1.51. The minimum absolute atomic E-state index is 0.174. The van der Waals surface area contributed by atoms with E-state index in [0.29, 0.717) is 16.9 Å². The van der Waals surface area contributed by atoms with E-state index in [1.807, 2.05) is 0 Å². The van der Waals surface area contributed by atoms with E-state index >= 15 is 0 Å². The lowest BCUT2D eigenvalue weighted by atomic mass is 9.96. The van der Waals surface area contributed by atoms with Crippen molar-refractivity contribution in [3.63, 3.8) is 0 Å². The largest absolute Gasteiger partial charge is 0.497 e. The summed E-state index contributed by atoms with van der Waals surface area (Å²) >= 11 is 0. The van der Waals surface area contributed by atoms with Crippen molar-refractivity contribution in [1.29, 1.82) is 0 Å². The summed E-state index contributed by atoms with van der Waals surface area (Å²) in [5.41, 5.74) is 0.404. The van der Waals surface area contributed by atoms with Gasteiger partial charge in [0, 0.05) is 6.08 Å². The first-order chi connectivity index (χ1) is 11.8. The van der Waals surface area contributed by atoms with Gasteiger partial charge in [0.15, 0.2) is 0 Å². The normalized spacial score (nSPS) is 12.0. The van der Waals surface area contributed by atoms with Crippen LogP contribution in [0.4, 0.5) is 13.2 Å². The van der Waals surface area contributed by atoms with Crippen LogP contribution in [0, 0.1) is 0 Å². The van der Waals surface area contributed by atoms with Crippen molar-refractivity contribution >= 4 is 11.5 Å². The molecule has 0 unspecified atom stereocenters. The van der Waals surface area contributed by atoms with Crippen LogP contribution in [0.2, 0.25) is 0 Å². The number of carbonyl (C=O) groups is 1. The molecule has 3 nitrogen and oxygen atoms in total. The lowest BCUT2D eigenvalue weighted by molar-refractivity contribution is -0.138. The van der Waals surface area contributed by atoms with Crippen LogP contribution in [0.25, 0.3) is 5.57 Å². The molecule has 0 amide bonds. The Morgan fingerprint density at radius 1 is 1.08 bits per heavy atom. The van der Waals surface area contributed by atoms with Crippen molar-refractivity contribution in [2.24, 2.45) is 0 Å². The molecule has 0 radical (unpaired) electrons. The first-order valence-electron chi connectivity index (χ1n) is 7.55. The smallest absolute Gasteiger partial charge is 0.416 e. The summed E-state index contributed by atoms with van der Waals surface area (Å²) in [4.78, 5) is 11.9. The van der Waals surface area contributed by atoms with E-state index in [9.17, 15) is 18.0 Å². The van der Waals surface area contributed by atoms with Gasteiger partial charge in [0.05, 0.1) is 19.3 Å². The number of methoxy groups -OCH3 is 1. The Kier molecular flexibility index (Phi) is 5.85. The third kappa shape index (κ3) is 4.86. The maximum absolute atomic E-state index is 13.0. The van der Waals surface area contributed by atoms with Gasteiger partial charge in [-0.2, -0.15) is 13.2 Å². The SMILES string of the molecule is CCOC(=O)/C=C(/c1ccc(OC)cc1)c1cccc(C(F)(F)F)c1. The molecule has 0 aliphatic carbocycles. The molecule has 132 valence electrons. The second kappa shape index (κ2) is 7.88. The van der Waals surface area contributed by atoms with E-state index in [0.717, 1.165) is 12.1 Å². The molecule has 2 rings (SSSR count). The summed E-state index contributed by atoms with van der Waals surface area (Å²) in [6.07, 6.45) is -3.27. The maximum Gasteiger partial charge on any atom is 0.416 e. The van der Waals surface area contributed by atoms with Gasteiger partial charge in [-0.3, -0.25) is 0 Å². The fourth-order valence-corrected chi connectivity index (χ4v) is 2.27. The highest BCUT2D eigenvalue weighted by Crippen LogP contribution is 2.33. The number of hydrogen-bond donors (Lipinski definition) is 0. The zero-order valence-corrected chi connectivity index (χ0v) is 13.8. The number of halogens is 3. The molecular weight excluding hydrogens is 333 g/mol. The van der Waals surface area contributed by atoms with Crippen molar-refractivity contribution in [3.05, 3.63) is 71.3 Å². The molecule has 0 saturated carbocycles. The molecule has 6 heteroatoms. The summed E-state index contributed by atoms with van der Waals surface area (Å²) < 4.78 is 48.9. The Labute approximate surface area is 143 Å². The van der Waals surface area contributed by atoms with Crippen LogP contribution in [-0.4, -0.2) is 19.7 Å². The van der Waals surface area contributed by atoms with Gasteiger partial charge in [0.25, 0.3) is 0 Å². The Bertz CT molecular complexity index is 762. The Morgan fingerprint density at radius 3 is 2.32 bits per heavy atom. The van der Waals surface area contributed by atoms with E-state index in [2.05, 4.69) is 0 Å². The predicted molar refractivity (Wildman–Crippen MR) is 88.2 cm³/mol. The molecule has 2 aromatic rings. The molecule has 0 aliphatic rings. The van der Waals surface area contributed by atoms with E-state index < -0.39 is 17.7 Å². The summed E-state index contributed by atoms with van der Waals surface area (Å²) in [5, 5.41) is 0. The second-order valence-corrected chi connectivity index (χ2v) is 5.12. The molecule has 0 bridgehead atoms. The van der Waals surface area contributed by atoms with Crippen molar-refractivity contribution in [2.75, 3.05) is 13.7 Å². The maximum atomic E-state index is 13.0. The number of esters is 1. The van der Waals surface area contributed by atoms with Gasteiger partial charge < -0.3 is 9.47 Å². The summed E-state index contributed by atoms with van der Waals surface area (Å²) in [6, 6.07) is 11.5. The average Bonchev–Trinajstić information content (AvgIpc) is 2.59. The highest BCUT2D eigenvalue weighted by molar-refractivity contribution is 5.96. The molecule has 0 atom stereocenters. The molecule has 2 aromatic carbocycles. The van der Waals surface area contributed by atoms with Crippen LogP contribution < -0.4 is 4.74 Å². The third-order valence-electron chi connectivity index (χ3n) is 3.45. The number of alkyl halides is 3. The fraction of sp³-hybridized carbons (Fsp3) is 0.211. The van der Waals surface area contributed by atoms with Crippen molar-refractivity contribution < 1.29 is 27.4 Å². The van der Waals surface area contributed by atoms with Gasteiger partial charge in [-0.25, -0.2) is 4.79 Å². The fourth-order valence-electron chi connectivity index (χ4n) is 2.27. The Morgan fingerprint density at radius 2 is 1.76 bits per heavy atom. The molecule has 0 aromatic heterocycles. The standard InChI is InChI=1S/C19H17F3O3/c1-3-25-18(23)12-17(13-7-9-16(24-2)10-8-13)14-5-4-6-15(11-14)19(20,21)22/h4-12H,3H2,1-2H3/b17-12-. The lowest BCUT2D eigenvalue weighted by Gasteiger charge is -2.12. The predicted octanol–water partition coefficient (Wildman–Crippen LogP) is 4.71. The highest BCUT2D eigenvalue weighted by Gasteiger charge is 2.30. The Hall–Kier alpha value is -2.76. The molecule has 0 spiro atoms. The van der Waals surface area contributed by atoms with Crippen LogP contribution >= 0.6 is 0 Å². The second-order valence-electron chi connectivity index (χ2n) is 5.12. The van der Waals surface area contributed by atoms with Crippen LogP contribution in [-0.2, 0) is 15.7 Å². The van der Waals surface area contributed by atoms with Gasteiger partial charge in [-0.15, -0.1) is 0 Å². The number of benzene rings is 2. The van der Waals surface area contributed by atoms with Crippen molar-refractivity contribution in [1.82, 2.24) is 0 Å². The summed E-state index contributed by atoms with van der Waals surface area (Å²) in [5.74, 6) is -0.0194. The number of rotatable bonds is 5. The van der Waals surface area contributed by atoms with E-state index in [-0.39, 0.29) is 12.2 Å². The molecule has 0 heterocycles. The minimum Gasteiger partial charge on any atom is -0.497 e. The van der Waals surface area contributed by atoms with E-state index in [4.69, 9.17) is 9.47 Å². The van der Waals surface area contributed by atoms with Crippen LogP contribution in [0.3, 0.4) is 0 Å². The topological polar surface area (TPSA) is 35.5 Å². The van der Waals surface area contributed by atoms with Crippen molar-refractivity contribution in [3.8, 4) is 5.75 Å². The molecule has 0 fully saturated rings. The van der Waals surface area contributed by atoms with E-state index in [1.165, 1.54) is 25.3 Å². The molecule has 0 saturated heterocycles. The quantitative estimate of drug-likeness (QED) is 0.579. The van der Waals surface area contributed by atoms with Gasteiger partial charge in [0.2, 0.25) is 0 Å². The first-order valence-corrected chi connectivity index (χ1v) is 7.55. The van der Waals surface area contributed by atoms with Crippen molar-refractivity contribution in [2.45, 2.75) is 13.1 Å². The monoisotopic (exact) mass is 350 g/mol. The average molecular weight is 350 g/mol. The number of hydrogen-bond acceptors (Lipinski definition) is 3. The molecular formula is C19H17F3O3. The first kappa shape index (κ1) is 18.6. The van der Waals surface area contributed by atoms with Crippen LogP contribution in [0.5, 0.6) is 5.75 Å². The molecule has 0 N–H and O–H groups in total. The van der Waals surface area contributed by atoms with Gasteiger partial charge in [-0.05, 0) is 47.9 Å². The van der Waals surface area contributed by atoms with E-state index in [1.54, 1.807) is 31.2 Å². The number of ether oxygens (including phenoxy) is 2. The molecule has 0 aliphatic heterocycles. The van der Waals surface area contributed by atoms with Crippen LogP contribution in [0.15, 0.2) is 54.6 Å². The minimum atomic E-state index is -4.47.